The largest absolute Gasteiger partial charge is 0.398 e. The van der Waals surface area contributed by atoms with Crippen molar-refractivity contribution in [3.63, 3.8) is 0 Å². The van der Waals surface area contributed by atoms with Gasteiger partial charge in [0, 0.05) is 12.1 Å². The lowest BCUT2D eigenvalue weighted by atomic mass is 9.94. The number of nitrogen functional groups attached to an aromatic ring is 1. The van der Waals surface area contributed by atoms with E-state index in [9.17, 15) is 5.11 Å². The monoisotopic (exact) mass is 241 g/mol. The maximum absolute atomic E-state index is 9.65. The number of anilines is 1. The molecule has 1 atom stereocenters. The van der Waals surface area contributed by atoms with Crippen LogP contribution in [-0.4, -0.2) is 11.2 Å². The number of rotatable bonds is 2. The summed E-state index contributed by atoms with van der Waals surface area (Å²) in [4.78, 5) is 0. The van der Waals surface area contributed by atoms with E-state index in [4.69, 9.17) is 5.73 Å². The first-order valence-corrected chi connectivity index (χ1v) is 5.77. The molecule has 0 radical (unpaired) electrons. The maximum Gasteiger partial charge on any atom is 0.0621 e. The second-order valence-electron chi connectivity index (χ2n) is 4.33. The van der Waals surface area contributed by atoms with Crippen LogP contribution in [0.15, 0.2) is 6.07 Å². The Morgan fingerprint density at radius 3 is 2.56 bits per heavy atom. The molecule has 0 spiro atoms. The summed E-state index contributed by atoms with van der Waals surface area (Å²) in [6, 6.07) is 2.24. The number of hydrogen-bond acceptors (Lipinski definition) is 2. The van der Waals surface area contributed by atoms with Crippen molar-refractivity contribution in [2.75, 3.05) is 5.73 Å². The zero-order chi connectivity index (χ0) is 11.0. The van der Waals surface area contributed by atoms with Crippen molar-refractivity contribution in [3.8, 4) is 0 Å². The minimum absolute atomic E-state index is 0. The van der Waals surface area contributed by atoms with Crippen LogP contribution in [-0.2, 0) is 25.7 Å². The number of hydrogen-bond donors (Lipinski definition) is 2. The molecule has 0 bridgehead atoms. The summed E-state index contributed by atoms with van der Waals surface area (Å²) < 4.78 is 0. The third-order valence-electron chi connectivity index (χ3n) is 3.40. The molecule has 2 rings (SSSR count). The van der Waals surface area contributed by atoms with Crippen molar-refractivity contribution < 1.29 is 5.11 Å². The van der Waals surface area contributed by atoms with Crippen LogP contribution in [0.25, 0.3) is 0 Å². The molecule has 2 nitrogen and oxygen atoms in total. The Morgan fingerprint density at radius 2 is 2.00 bits per heavy atom. The number of fused-ring (bicyclic) bond motifs is 1. The van der Waals surface area contributed by atoms with Crippen LogP contribution in [0.2, 0.25) is 0 Å². The van der Waals surface area contributed by atoms with E-state index in [1.54, 1.807) is 0 Å². The summed E-state index contributed by atoms with van der Waals surface area (Å²) in [5.74, 6) is 0. The number of aryl methyl sites for hydroxylation is 1. The van der Waals surface area contributed by atoms with Gasteiger partial charge in [-0.05, 0) is 41.5 Å². The number of nitrogens with two attached hydrogens (primary N) is 1. The van der Waals surface area contributed by atoms with Gasteiger partial charge in [-0.25, -0.2) is 0 Å². The number of aliphatic hydroxyl groups excluding tert-OH is 1. The number of benzene rings is 1. The minimum atomic E-state index is -0.223. The summed E-state index contributed by atoms with van der Waals surface area (Å²) in [5.41, 5.74) is 12.2. The SMILES string of the molecule is CCc1cc2c(c(N)c1CC)CC(O)C2.Cl. The Bertz CT molecular complexity index is 390. The highest BCUT2D eigenvalue weighted by molar-refractivity contribution is 5.85. The molecule has 0 amide bonds. The van der Waals surface area contributed by atoms with Gasteiger partial charge in [0.25, 0.3) is 0 Å². The fourth-order valence-corrected chi connectivity index (χ4v) is 2.63. The van der Waals surface area contributed by atoms with Crippen LogP contribution >= 0.6 is 12.4 Å². The smallest absolute Gasteiger partial charge is 0.0621 e. The first-order chi connectivity index (χ1) is 7.17. The Labute approximate surface area is 103 Å². The molecule has 1 aromatic carbocycles. The quantitative estimate of drug-likeness (QED) is 0.781. The number of aliphatic hydroxyl groups is 1. The molecule has 1 aromatic rings. The van der Waals surface area contributed by atoms with E-state index in [1.807, 2.05) is 0 Å². The molecule has 90 valence electrons. The van der Waals surface area contributed by atoms with Crippen LogP contribution in [0.1, 0.15) is 36.1 Å². The van der Waals surface area contributed by atoms with Gasteiger partial charge >= 0.3 is 0 Å². The van der Waals surface area contributed by atoms with Crippen molar-refractivity contribution in [1.82, 2.24) is 0 Å². The highest BCUT2D eigenvalue weighted by atomic mass is 35.5. The molecule has 1 unspecified atom stereocenters. The molecule has 0 fully saturated rings. The molecule has 0 aliphatic heterocycles. The fourth-order valence-electron chi connectivity index (χ4n) is 2.63. The van der Waals surface area contributed by atoms with Gasteiger partial charge in [0.2, 0.25) is 0 Å². The predicted molar refractivity (Wildman–Crippen MR) is 70.3 cm³/mol. The minimum Gasteiger partial charge on any atom is -0.398 e. The third-order valence-corrected chi connectivity index (χ3v) is 3.40. The van der Waals surface area contributed by atoms with Gasteiger partial charge in [-0.1, -0.05) is 19.9 Å². The van der Waals surface area contributed by atoms with Crippen LogP contribution in [0.4, 0.5) is 5.69 Å². The van der Waals surface area contributed by atoms with Gasteiger partial charge in [-0.3, -0.25) is 0 Å². The topological polar surface area (TPSA) is 46.2 Å². The Morgan fingerprint density at radius 1 is 1.31 bits per heavy atom. The zero-order valence-corrected chi connectivity index (χ0v) is 10.7. The molecule has 1 aliphatic carbocycles. The maximum atomic E-state index is 9.65. The van der Waals surface area contributed by atoms with E-state index in [0.29, 0.717) is 0 Å². The molecule has 0 heterocycles. The second-order valence-corrected chi connectivity index (χ2v) is 4.33. The lowest BCUT2D eigenvalue weighted by Gasteiger charge is -2.14. The van der Waals surface area contributed by atoms with Gasteiger partial charge < -0.3 is 10.8 Å². The lowest BCUT2D eigenvalue weighted by Crippen LogP contribution is -2.05. The highest BCUT2D eigenvalue weighted by Crippen LogP contribution is 2.33. The van der Waals surface area contributed by atoms with Crippen molar-refractivity contribution in [2.45, 2.75) is 45.6 Å². The van der Waals surface area contributed by atoms with Crippen LogP contribution in [0.3, 0.4) is 0 Å². The summed E-state index contributed by atoms with van der Waals surface area (Å²) in [6.07, 6.45) is 3.29. The molecule has 3 N–H and O–H groups in total. The van der Waals surface area contributed by atoms with E-state index >= 15 is 0 Å². The number of halogens is 1. The van der Waals surface area contributed by atoms with Gasteiger partial charge in [-0.2, -0.15) is 0 Å². The summed E-state index contributed by atoms with van der Waals surface area (Å²) >= 11 is 0. The fraction of sp³-hybridized carbons (Fsp3) is 0.538. The summed E-state index contributed by atoms with van der Waals surface area (Å²) in [6.45, 7) is 4.30. The zero-order valence-electron chi connectivity index (χ0n) is 9.92. The molecule has 0 saturated carbocycles. The van der Waals surface area contributed by atoms with Crippen LogP contribution < -0.4 is 5.73 Å². The molecule has 1 aliphatic rings. The Hall–Kier alpha value is -0.730. The standard InChI is InChI=1S/C13H19NO.ClH/c1-3-8-5-9-6-10(15)7-12(9)13(14)11(8)4-2;/h5,10,15H,3-4,6-7,14H2,1-2H3;1H. The predicted octanol–water partition coefficient (Wildman–Crippen LogP) is 2.27. The normalized spacial score (nSPS) is 18.1. The Kier molecular flexibility index (Phi) is 4.22. The van der Waals surface area contributed by atoms with Gasteiger partial charge in [0.1, 0.15) is 0 Å². The second kappa shape index (κ2) is 5.07. The first-order valence-electron chi connectivity index (χ1n) is 5.77. The molecular formula is C13H20ClNO. The van der Waals surface area contributed by atoms with Gasteiger partial charge in [-0.15, -0.1) is 12.4 Å². The van der Waals surface area contributed by atoms with E-state index in [2.05, 4.69) is 19.9 Å². The first kappa shape index (κ1) is 13.3. The van der Waals surface area contributed by atoms with E-state index < -0.39 is 0 Å². The van der Waals surface area contributed by atoms with E-state index in [-0.39, 0.29) is 18.5 Å². The molecule has 0 saturated heterocycles. The molecule has 16 heavy (non-hydrogen) atoms. The van der Waals surface area contributed by atoms with E-state index in [1.165, 1.54) is 22.3 Å². The molecule has 0 aromatic heterocycles. The molecule has 3 heteroatoms. The van der Waals surface area contributed by atoms with Crippen molar-refractivity contribution >= 4 is 18.1 Å². The van der Waals surface area contributed by atoms with Crippen molar-refractivity contribution in [2.24, 2.45) is 0 Å². The van der Waals surface area contributed by atoms with Crippen molar-refractivity contribution in [1.29, 1.82) is 0 Å². The lowest BCUT2D eigenvalue weighted by molar-refractivity contribution is 0.187. The average molecular weight is 242 g/mol. The Balaban J connectivity index is 0.00000128. The van der Waals surface area contributed by atoms with Crippen LogP contribution in [0.5, 0.6) is 0 Å². The summed E-state index contributed by atoms with van der Waals surface area (Å²) in [7, 11) is 0. The average Bonchev–Trinajstić information content (AvgIpc) is 2.59. The molecular weight excluding hydrogens is 222 g/mol. The van der Waals surface area contributed by atoms with Gasteiger partial charge in [0.05, 0.1) is 6.10 Å². The highest BCUT2D eigenvalue weighted by Gasteiger charge is 2.23. The van der Waals surface area contributed by atoms with E-state index in [0.717, 1.165) is 31.4 Å². The summed E-state index contributed by atoms with van der Waals surface area (Å²) in [5, 5.41) is 9.65. The van der Waals surface area contributed by atoms with Crippen LogP contribution in [0, 0.1) is 0 Å². The van der Waals surface area contributed by atoms with Crippen molar-refractivity contribution in [3.05, 3.63) is 28.3 Å². The van der Waals surface area contributed by atoms with Gasteiger partial charge in [0.15, 0.2) is 0 Å². The third kappa shape index (κ3) is 2.04.